The molecule has 0 aromatic carbocycles. The van der Waals surface area contributed by atoms with Gasteiger partial charge in [0.05, 0.1) is 6.10 Å². The highest BCUT2D eigenvalue weighted by molar-refractivity contribution is 5.77. The molecule has 18 heavy (non-hydrogen) atoms. The van der Waals surface area contributed by atoms with Gasteiger partial charge in [0.1, 0.15) is 13.2 Å². The Morgan fingerprint density at radius 3 is 2.72 bits per heavy atom. The average Bonchev–Trinajstić information content (AvgIpc) is 2.27. The zero-order chi connectivity index (χ0) is 13.8. The maximum Gasteiger partial charge on any atom is 0.411 e. The van der Waals surface area contributed by atoms with Crippen LogP contribution in [0, 0.1) is 5.92 Å². The van der Waals surface area contributed by atoms with Crippen LogP contribution in [0.2, 0.25) is 0 Å². The number of aliphatic hydroxyl groups excluding tert-OH is 1. The number of hydrogen-bond donors (Lipinski definition) is 1. The van der Waals surface area contributed by atoms with Crippen molar-refractivity contribution in [2.75, 3.05) is 26.3 Å². The predicted octanol–water partition coefficient (Wildman–Crippen LogP) is 1.18. The van der Waals surface area contributed by atoms with E-state index in [1.807, 2.05) is 6.92 Å². The van der Waals surface area contributed by atoms with Crippen molar-refractivity contribution >= 4 is 5.91 Å². The summed E-state index contributed by atoms with van der Waals surface area (Å²) in [6, 6.07) is 0. The van der Waals surface area contributed by atoms with Gasteiger partial charge in [-0.15, -0.1) is 0 Å². The maximum atomic E-state index is 11.8. The molecule has 0 radical (unpaired) electrons. The summed E-state index contributed by atoms with van der Waals surface area (Å²) in [5.74, 6) is -0.463. The molecule has 1 fully saturated rings. The zero-order valence-electron chi connectivity index (χ0n) is 10.2. The maximum absolute atomic E-state index is 11.8. The Bertz CT molecular complexity index is 283. The van der Waals surface area contributed by atoms with E-state index in [9.17, 15) is 23.1 Å². The van der Waals surface area contributed by atoms with Crippen LogP contribution >= 0.6 is 0 Å². The molecular weight excluding hydrogens is 251 g/mol. The third kappa shape index (κ3) is 4.81. The van der Waals surface area contributed by atoms with Crippen LogP contribution in [0.4, 0.5) is 13.2 Å². The molecule has 7 heteroatoms. The summed E-state index contributed by atoms with van der Waals surface area (Å²) >= 11 is 0. The highest BCUT2D eigenvalue weighted by Crippen LogP contribution is 2.20. The molecule has 1 aliphatic heterocycles. The smallest absolute Gasteiger partial charge is 0.393 e. The van der Waals surface area contributed by atoms with Crippen molar-refractivity contribution < 1.29 is 27.8 Å². The van der Waals surface area contributed by atoms with E-state index in [-0.39, 0.29) is 5.92 Å². The summed E-state index contributed by atoms with van der Waals surface area (Å²) < 4.78 is 39.8. The topological polar surface area (TPSA) is 49.8 Å². The molecule has 1 saturated heterocycles. The van der Waals surface area contributed by atoms with Crippen LogP contribution < -0.4 is 0 Å². The van der Waals surface area contributed by atoms with Crippen molar-refractivity contribution in [1.29, 1.82) is 0 Å². The lowest BCUT2D eigenvalue weighted by Crippen LogP contribution is -2.47. The van der Waals surface area contributed by atoms with Gasteiger partial charge < -0.3 is 14.7 Å². The second-order valence-corrected chi connectivity index (χ2v) is 4.47. The molecule has 1 rings (SSSR count). The normalized spacial score (nSPS) is 25.3. The Kier molecular flexibility index (Phi) is 5.40. The number of alkyl halides is 3. The largest absolute Gasteiger partial charge is 0.411 e. The lowest BCUT2D eigenvalue weighted by atomic mass is 9.92. The molecule has 0 saturated carbocycles. The van der Waals surface area contributed by atoms with E-state index in [0.717, 1.165) is 6.42 Å². The quantitative estimate of drug-likeness (QED) is 0.834. The van der Waals surface area contributed by atoms with Crippen LogP contribution in [0.25, 0.3) is 0 Å². The summed E-state index contributed by atoms with van der Waals surface area (Å²) in [5.41, 5.74) is 0. The number of hydrogen-bond acceptors (Lipinski definition) is 3. The van der Waals surface area contributed by atoms with Gasteiger partial charge in [-0.3, -0.25) is 4.79 Å². The first kappa shape index (κ1) is 15.2. The van der Waals surface area contributed by atoms with Crippen molar-refractivity contribution in [2.24, 2.45) is 5.92 Å². The van der Waals surface area contributed by atoms with E-state index in [1.165, 1.54) is 4.90 Å². The van der Waals surface area contributed by atoms with E-state index in [2.05, 4.69) is 4.74 Å². The number of nitrogens with zero attached hydrogens (tertiary/aromatic N) is 1. The minimum Gasteiger partial charge on any atom is -0.393 e. The first-order chi connectivity index (χ1) is 8.33. The number of likely N-dealkylation sites (tertiary alicyclic amines) is 1. The van der Waals surface area contributed by atoms with E-state index >= 15 is 0 Å². The van der Waals surface area contributed by atoms with Gasteiger partial charge in [-0.05, 0) is 12.8 Å². The number of piperidine rings is 1. The number of carbonyl (C=O) groups excluding carboxylic acids is 1. The van der Waals surface area contributed by atoms with Gasteiger partial charge in [0.2, 0.25) is 5.91 Å². The lowest BCUT2D eigenvalue weighted by molar-refractivity contribution is -0.178. The predicted molar refractivity (Wildman–Crippen MR) is 57.9 cm³/mol. The van der Waals surface area contributed by atoms with Crippen molar-refractivity contribution in [3.05, 3.63) is 0 Å². The summed E-state index contributed by atoms with van der Waals surface area (Å²) in [6.07, 6.45) is -3.66. The molecule has 1 amide bonds. The molecule has 0 bridgehead atoms. The molecule has 4 nitrogen and oxygen atoms in total. The third-order valence-corrected chi connectivity index (χ3v) is 3.06. The molecule has 0 spiro atoms. The van der Waals surface area contributed by atoms with Gasteiger partial charge in [0.15, 0.2) is 0 Å². The van der Waals surface area contributed by atoms with Crippen molar-refractivity contribution in [3.8, 4) is 0 Å². The van der Waals surface area contributed by atoms with Crippen LogP contribution in [0.1, 0.15) is 19.8 Å². The summed E-state index contributed by atoms with van der Waals surface area (Å²) in [7, 11) is 0. The van der Waals surface area contributed by atoms with Gasteiger partial charge in [-0.2, -0.15) is 13.2 Å². The molecule has 0 aromatic heterocycles. The number of ether oxygens (including phenoxy) is 1. The molecule has 2 unspecified atom stereocenters. The molecule has 1 N–H and O–H groups in total. The molecule has 2 atom stereocenters. The number of carbonyl (C=O) groups is 1. The van der Waals surface area contributed by atoms with Gasteiger partial charge in [0, 0.05) is 19.0 Å². The fourth-order valence-electron chi connectivity index (χ4n) is 1.99. The zero-order valence-corrected chi connectivity index (χ0v) is 10.2. The number of halogens is 3. The highest BCUT2D eigenvalue weighted by atomic mass is 19.4. The van der Waals surface area contributed by atoms with Gasteiger partial charge in [-0.1, -0.05) is 6.92 Å². The average molecular weight is 269 g/mol. The van der Waals surface area contributed by atoms with Crippen molar-refractivity contribution in [1.82, 2.24) is 4.90 Å². The number of amides is 1. The second kappa shape index (κ2) is 6.38. The van der Waals surface area contributed by atoms with Crippen LogP contribution in [-0.2, 0) is 9.53 Å². The van der Waals surface area contributed by atoms with E-state index in [4.69, 9.17) is 0 Å². The lowest BCUT2D eigenvalue weighted by Gasteiger charge is -2.35. The minimum atomic E-state index is -4.41. The Labute approximate surface area is 104 Å². The molecule has 0 aliphatic carbocycles. The molecule has 106 valence electrons. The highest BCUT2D eigenvalue weighted by Gasteiger charge is 2.31. The van der Waals surface area contributed by atoms with Crippen LogP contribution in [-0.4, -0.2) is 54.5 Å². The van der Waals surface area contributed by atoms with Crippen LogP contribution in [0.5, 0.6) is 0 Å². The minimum absolute atomic E-state index is 0.00897. The standard InChI is InChI=1S/C11H18F3NO3/c1-2-8-5-15(4-3-9(8)16)10(17)6-18-7-11(12,13)14/h8-9,16H,2-7H2,1H3. The summed E-state index contributed by atoms with van der Waals surface area (Å²) in [6.45, 7) is 0.679. The Hall–Kier alpha value is -0.820. The summed E-state index contributed by atoms with van der Waals surface area (Å²) in [5, 5.41) is 9.63. The summed E-state index contributed by atoms with van der Waals surface area (Å²) in [4.78, 5) is 13.1. The van der Waals surface area contributed by atoms with Crippen molar-refractivity contribution in [2.45, 2.75) is 32.0 Å². The SMILES string of the molecule is CCC1CN(C(=O)COCC(F)(F)F)CCC1O. The third-order valence-electron chi connectivity index (χ3n) is 3.06. The molecule has 0 aromatic rings. The Balaban J connectivity index is 2.34. The molecule has 1 heterocycles. The number of rotatable bonds is 4. The Morgan fingerprint density at radius 1 is 1.50 bits per heavy atom. The monoisotopic (exact) mass is 269 g/mol. The van der Waals surface area contributed by atoms with Crippen LogP contribution in [0.3, 0.4) is 0 Å². The molecule has 1 aliphatic rings. The van der Waals surface area contributed by atoms with E-state index in [1.54, 1.807) is 0 Å². The number of aliphatic hydroxyl groups is 1. The van der Waals surface area contributed by atoms with E-state index in [0.29, 0.717) is 19.5 Å². The fraction of sp³-hybridized carbons (Fsp3) is 0.909. The van der Waals surface area contributed by atoms with Crippen molar-refractivity contribution in [3.63, 3.8) is 0 Å². The van der Waals surface area contributed by atoms with Gasteiger partial charge >= 0.3 is 6.18 Å². The van der Waals surface area contributed by atoms with E-state index < -0.39 is 31.4 Å². The van der Waals surface area contributed by atoms with Gasteiger partial charge in [0.25, 0.3) is 0 Å². The molecular formula is C11H18F3NO3. The fourth-order valence-corrected chi connectivity index (χ4v) is 1.99. The first-order valence-corrected chi connectivity index (χ1v) is 5.93. The van der Waals surface area contributed by atoms with Gasteiger partial charge in [-0.25, -0.2) is 0 Å². The first-order valence-electron chi connectivity index (χ1n) is 5.93. The van der Waals surface area contributed by atoms with Crippen LogP contribution in [0.15, 0.2) is 0 Å². The second-order valence-electron chi connectivity index (χ2n) is 4.47. The Morgan fingerprint density at radius 2 is 2.17 bits per heavy atom.